The molecule has 1 aromatic carbocycles. The van der Waals surface area contributed by atoms with Gasteiger partial charge in [0.05, 0.1) is 22.2 Å². The first-order chi connectivity index (χ1) is 10.2. The van der Waals surface area contributed by atoms with E-state index in [1.54, 1.807) is 13.8 Å². The smallest absolute Gasteiger partial charge is 0.387 e. The lowest BCUT2D eigenvalue weighted by Crippen LogP contribution is -2.29. The van der Waals surface area contributed by atoms with Crippen LogP contribution >= 0.6 is 23.2 Å². The van der Waals surface area contributed by atoms with E-state index in [0.717, 1.165) is 17.0 Å². The minimum absolute atomic E-state index is 0.0108. The minimum atomic E-state index is -3.09. The van der Waals surface area contributed by atoms with Crippen molar-refractivity contribution < 1.29 is 23.1 Å². The van der Waals surface area contributed by atoms with E-state index < -0.39 is 18.4 Å². The Kier molecular flexibility index (Phi) is 4.72. The SMILES string of the molecule is CC(C)=C1CC(=O)N(c2cc(OC(F)F)c(Cl)cc2Cl)C1=O. The zero-order valence-corrected chi connectivity index (χ0v) is 13.1. The van der Waals surface area contributed by atoms with Crippen molar-refractivity contribution in [2.45, 2.75) is 26.9 Å². The second-order valence-electron chi connectivity index (χ2n) is 4.80. The Morgan fingerprint density at radius 1 is 1.23 bits per heavy atom. The summed E-state index contributed by atoms with van der Waals surface area (Å²) >= 11 is 11.8. The summed E-state index contributed by atoms with van der Waals surface area (Å²) in [7, 11) is 0. The molecule has 1 aromatic rings. The quantitative estimate of drug-likeness (QED) is 0.607. The molecular formula is C14H11Cl2F2NO3. The van der Waals surface area contributed by atoms with Crippen molar-refractivity contribution in [3.8, 4) is 5.75 Å². The van der Waals surface area contributed by atoms with Gasteiger partial charge in [-0.3, -0.25) is 9.59 Å². The van der Waals surface area contributed by atoms with Crippen LogP contribution in [0.15, 0.2) is 23.3 Å². The maximum Gasteiger partial charge on any atom is 0.387 e. The normalized spacial score (nSPS) is 15.0. The van der Waals surface area contributed by atoms with Crippen molar-refractivity contribution in [1.82, 2.24) is 0 Å². The molecule has 0 radical (unpaired) electrons. The lowest BCUT2D eigenvalue weighted by Gasteiger charge is -2.17. The van der Waals surface area contributed by atoms with Crippen molar-refractivity contribution in [1.29, 1.82) is 0 Å². The third-order valence-corrected chi connectivity index (χ3v) is 3.70. The first-order valence-electron chi connectivity index (χ1n) is 6.20. The van der Waals surface area contributed by atoms with Crippen LogP contribution in [-0.2, 0) is 9.59 Å². The zero-order chi connectivity index (χ0) is 16.6. The highest BCUT2D eigenvalue weighted by atomic mass is 35.5. The van der Waals surface area contributed by atoms with E-state index in [9.17, 15) is 18.4 Å². The molecule has 0 N–H and O–H groups in total. The number of ether oxygens (including phenoxy) is 1. The van der Waals surface area contributed by atoms with Gasteiger partial charge in [0.1, 0.15) is 5.75 Å². The van der Waals surface area contributed by atoms with Gasteiger partial charge in [-0.2, -0.15) is 8.78 Å². The van der Waals surface area contributed by atoms with E-state index in [4.69, 9.17) is 23.2 Å². The number of rotatable bonds is 3. The first kappa shape index (κ1) is 16.7. The summed E-state index contributed by atoms with van der Waals surface area (Å²) in [5.74, 6) is -1.38. The van der Waals surface area contributed by atoms with Crippen LogP contribution in [0.1, 0.15) is 20.3 Å². The second kappa shape index (κ2) is 6.22. The van der Waals surface area contributed by atoms with Gasteiger partial charge < -0.3 is 4.74 Å². The highest BCUT2D eigenvalue weighted by molar-refractivity contribution is 6.39. The third-order valence-electron chi connectivity index (χ3n) is 3.10. The predicted molar refractivity (Wildman–Crippen MR) is 78.6 cm³/mol. The molecule has 1 saturated heterocycles. The summed E-state index contributed by atoms with van der Waals surface area (Å²) in [6, 6.07) is 2.21. The number of halogens is 4. The number of imide groups is 1. The van der Waals surface area contributed by atoms with Gasteiger partial charge in [0.25, 0.3) is 5.91 Å². The second-order valence-corrected chi connectivity index (χ2v) is 5.62. The van der Waals surface area contributed by atoms with E-state index >= 15 is 0 Å². The van der Waals surface area contributed by atoms with E-state index in [-0.39, 0.29) is 27.9 Å². The molecule has 0 atom stereocenters. The molecule has 0 saturated carbocycles. The van der Waals surface area contributed by atoms with Crippen LogP contribution in [0, 0.1) is 0 Å². The monoisotopic (exact) mass is 349 g/mol. The minimum Gasteiger partial charge on any atom is -0.433 e. The van der Waals surface area contributed by atoms with Crippen molar-refractivity contribution >= 4 is 40.7 Å². The number of alkyl halides is 2. The summed E-state index contributed by atoms with van der Waals surface area (Å²) in [6.07, 6.45) is -0.0643. The zero-order valence-electron chi connectivity index (χ0n) is 11.6. The van der Waals surface area contributed by atoms with Gasteiger partial charge in [-0.05, 0) is 19.9 Å². The molecule has 0 aromatic heterocycles. The summed E-state index contributed by atoms with van der Waals surface area (Å²) in [5.41, 5.74) is 1.02. The van der Waals surface area contributed by atoms with Crippen LogP contribution < -0.4 is 9.64 Å². The number of hydrogen-bond acceptors (Lipinski definition) is 3. The molecular weight excluding hydrogens is 339 g/mol. The van der Waals surface area contributed by atoms with Gasteiger partial charge in [0.2, 0.25) is 5.91 Å². The number of amides is 2. The topological polar surface area (TPSA) is 46.6 Å². The molecule has 2 amide bonds. The van der Waals surface area contributed by atoms with Gasteiger partial charge in [-0.15, -0.1) is 0 Å². The summed E-state index contributed by atoms with van der Waals surface area (Å²) < 4.78 is 29.0. The number of carbonyl (C=O) groups excluding carboxylic acids is 2. The number of anilines is 1. The van der Waals surface area contributed by atoms with Crippen LogP contribution in [0.3, 0.4) is 0 Å². The molecule has 0 spiro atoms. The molecule has 1 heterocycles. The van der Waals surface area contributed by atoms with E-state index in [2.05, 4.69) is 4.74 Å². The molecule has 22 heavy (non-hydrogen) atoms. The molecule has 4 nitrogen and oxygen atoms in total. The van der Waals surface area contributed by atoms with Gasteiger partial charge in [-0.25, -0.2) is 4.90 Å². The Hall–Kier alpha value is -1.66. The summed E-state index contributed by atoms with van der Waals surface area (Å²) in [4.78, 5) is 25.2. The fourth-order valence-corrected chi connectivity index (χ4v) is 2.58. The molecule has 1 fully saturated rings. The Balaban J connectivity index is 2.51. The molecule has 0 unspecified atom stereocenters. The van der Waals surface area contributed by atoms with Crippen molar-refractivity contribution in [3.05, 3.63) is 33.3 Å². The van der Waals surface area contributed by atoms with E-state index in [1.807, 2.05) is 0 Å². The lowest BCUT2D eigenvalue weighted by atomic mass is 10.1. The Labute approximate surface area is 135 Å². The predicted octanol–water partition coefficient (Wildman–Crippen LogP) is 4.19. The molecule has 1 aliphatic heterocycles. The fraction of sp³-hybridized carbons (Fsp3) is 0.286. The van der Waals surface area contributed by atoms with Crippen molar-refractivity contribution in [3.63, 3.8) is 0 Å². The Morgan fingerprint density at radius 3 is 2.36 bits per heavy atom. The summed E-state index contributed by atoms with van der Waals surface area (Å²) in [5, 5.41) is -0.154. The number of benzene rings is 1. The Morgan fingerprint density at radius 2 is 1.86 bits per heavy atom. The van der Waals surface area contributed by atoms with E-state index in [0.29, 0.717) is 11.1 Å². The van der Waals surface area contributed by atoms with Gasteiger partial charge in [0, 0.05) is 11.6 Å². The van der Waals surface area contributed by atoms with E-state index in [1.165, 1.54) is 0 Å². The third kappa shape index (κ3) is 3.08. The number of allylic oxidation sites excluding steroid dienone is 1. The molecule has 0 aliphatic carbocycles. The summed E-state index contributed by atoms with van der Waals surface area (Å²) in [6.45, 7) is 0.322. The maximum atomic E-state index is 12.4. The molecule has 8 heteroatoms. The Bertz CT molecular complexity index is 685. The lowest BCUT2D eigenvalue weighted by molar-refractivity contribution is -0.120. The molecule has 1 aliphatic rings. The average molecular weight is 350 g/mol. The number of carbonyl (C=O) groups is 2. The first-order valence-corrected chi connectivity index (χ1v) is 6.95. The van der Waals surface area contributed by atoms with Gasteiger partial charge >= 0.3 is 6.61 Å². The van der Waals surface area contributed by atoms with Crippen LogP contribution in [0.4, 0.5) is 14.5 Å². The van der Waals surface area contributed by atoms with Gasteiger partial charge in [0.15, 0.2) is 0 Å². The number of hydrogen-bond donors (Lipinski definition) is 0. The largest absolute Gasteiger partial charge is 0.433 e. The van der Waals surface area contributed by atoms with Crippen LogP contribution in [0.5, 0.6) is 5.75 Å². The van der Waals surface area contributed by atoms with Crippen LogP contribution in [0.2, 0.25) is 10.0 Å². The standard InChI is InChI=1S/C14H11Cl2F2NO3/c1-6(2)7-3-12(20)19(13(7)21)10-5-11(22-14(17)18)9(16)4-8(10)15/h4-5,14H,3H2,1-2H3. The van der Waals surface area contributed by atoms with Crippen LogP contribution in [-0.4, -0.2) is 18.4 Å². The highest BCUT2D eigenvalue weighted by Crippen LogP contribution is 2.39. The average Bonchev–Trinajstić information content (AvgIpc) is 2.68. The number of nitrogens with zero attached hydrogens (tertiary/aromatic N) is 1. The molecule has 118 valence electrons. The molecule has 0 bridgehead atoms. The fourth-order valence-electron chi connectivity index (χ4n) is 2.06. The molecule has 2 rings (SSSR count). The van der Waals surface area contributed by atoms with Gasteiger partial charge in [-0.1, -0.05) is 28.8 Å². The maximum absolute atomic E-state index is 12.4. The highest BCUT2D eigenvalue weighted by Gasteiger charge is 2.37. The van der Waals surface area contributed by atoms with Crippen LogP contribution in [0.25, 0.3) is 0 Å². The van der Waals surface area contributed by atoms with Crippen molar-refractivity contribution in [2.75, 3.05) is 4.90 Å². The van der Waals surface area contributed by atoms with Crippen molar-refractivity contribution in [2.24, 2.45) is 0 Å².